The predicted molar refractivity (Wildman–Crippen MR) is 184 cm³/mol. The van der Waals surface area contributed by atoms with Crippen LogP contribution < -0.4 is 14.8 Å². The van der Waals surface area contributed by atoms with Gasteiger partial charge in [0.2, 0.25) is 0 Å². The van der Waals surface area contributed by atoms with E-state index in [-0.39, 0.29) is 30.2 Å². The van der Waals surface area contributed by atoms with Crippen LogP contribution in [0, 0.1) is 13.8 Å². The molecule has 2 amide bonds. The number of carbonyl (C=O) groups excluding carboxylic acids is 2. The molecule has 1 N–H and O–H groups in total. The van der Waals surface area contributed by atoms with E-state index >= 15 is 0 Å². The van der Waals surface area contributed by atoms with Gasteiger partial charge in [-0.1, -0.05) is 48.2 Å². The minimum Gasteiger partial charge on any atom is -0.497 e. The molecule has 1 aliphatic rings. The molecular weight excluding hydrogens is 633 g/mol. The van der Waals surface area contributed by atoms with Crippen molar-refractivity contribution in [1.29, 1.82) is 0 Å². The zero-order chi connectivity index (χ0) is 32.9. The van der Waals surface area contributed by atoms with E-state index in [2.05, 4.69) is 21.6 Å². The Morgan fingerprint density at radius 1 is 0.957 bits per heavy atom. The molecule has 0 unspecified atom stereocenters. The van der Waals surface area contributed by atoms with Gasteiger partial charge in [0, 0.05) is 12.0 Å². The van der Waals surface area contributed by atoms with Crippen molar-refractivity contribution in [2.45, 2.75) is 38.0 Å². The van der Waals surface area contributed by atoms with Crippen LogP contribution >= 0.6 is 23.1 Å². The van der Waals surface area contributed by atoms with Gasteiger partial charge in [0.15, 0.2) is 11.0 Å². The Hall–Kier alpha value is -4.94. The third kappa shape index (κ3) is 7.08. The minimum absolute atomic E-state index is 0.0903. The summed E-state index contributed by atoms with van der Waals surface area (Å²) in [6, 6.07) is 24.6. The van der Waals surface area contributed by atoms with E-state index in [9.17, 15) is 9.59 Å². The third-order valence-electron chi connectivity index (χ3n) is 7.84. The van der Waals surface area contributed by atoms with Gasteiger partial charge >= 0.3 is 0 Å². The molecule has 1 atom stereocenters. The summed E-state index contributed by atoms with van der Waals surface area (Å²) in [5, 5.41) is 20.8. The predicted octanol–water partition coefficient (Wildman–Crippen LogP) is 6.36. The Balaban J connectivity index is 1.25. The molecule has 0 radical (unpaired) electrons. The van der Waals surface area contributed by atoms with E-state index in [1.165, 1.54) is 11.8 Å². The summed E-state index contributed by atoms with van der Waals surface area (Å²) in [5.74, 6) is 1.57. The maximum absolute atomic E-state index is 13.9. The molecule has 240 valence electrons. The van der Waals surface area contributed by atoms with Crippen molar-refractivity contribution in [3.8, 4) is 17.2 Å². The van der Waals surface area contributed by atoms with E-state index in [1.807, 2.05) is 72.3 Å². The molecule has 12 heteroatoms. The summed E-state index contributed by atoms with van der Waals surface area (Å²) in [4.78, 5) is 28.0. The molecule has 0 aliphatic carbocycles. The van der Waals surface area contributed by atoms with Crippen LogP contribution in [0.3, 0.4) is 0 Å². The maximum Gasteiger partial charge on any atom is 0.253 e. The first kappa shape index (κ1) is 32.0. The average Bonchev–Trinajstić information content (AvgIpc) is 3.88. The quantitative estimate of drug-likeness (QED) is 0.163. The summed E-state index contributed by atoms with van der Waals surface area (Å²) >= 11 is 2.90. The number of thiophene rings is 1. The highest BCUT2D eigenvalue weighted by Gasteiger charge is 2.34. The number of nitrogens with zero attached hydrogens (tertiary/aromatic N) is 5. The molecule has 1 aliphatic heterocycles. The number of methoxy groups -OCH3 is 2. The number of ether oxygens (including phenoxy) is 2. The summed E-state index contributed by atoms with van der Waals surface area (Å²) in [5.41, 5.74) is 5.28. The number of hydrazone groups is 1. The highest BCUT2D eigenvalue weighted by molar-refractivity contribution is 7.99. The standard InChI is InChI=1S/C35H34N6O4S2/c1-22-10-11-23(2)29(17-22)40-32(20-36-34(43)25-7-5-8-27(18-25)45-4)37-38-35(40)47-21-33(42)41-30(24-12-14-26(44-3)15-13-24)19-28(39-41)31-9-6-16-46-31/h5-18,30H,19-21H2,1-4H3,(H,36,43)/t30-/m1/s1. The summed E-state index contributed by atoms with van der Waals surface area (Å²) in [7, 11) is 3.19. The number of hydrogen-bond donors (Lipinski definition) is 1. The normalized spacial score (nSPS) is 14.2. The van der Waals surface area contributed by atoms with Crippen LogP contribution in [0.1, 0.15) is 50.2 Å². The number of amides is 2. The summed E-state index contributed by atoms with van der Waals surface area (Å²) in [6.07, 6.45) is 0.610. The Morgan fingerprint density at radius 3 is 2.51 bits per heavy atom. The fourth-order valence-corrected chi connectivity index (χ4v) is 6.88. The molecule has 5 aromatic rings. The number of nitrogens with one attached hydrogen (secondary N) is 1. The SMILES string of the molecule is COc1ccc([C@H]2CC(c3cccs3)=NN2C(=O)CSc2nnc(CNC(=O)c3cccc(OC)c3)n2-c2cc(C)ccc2C)cc1. The van der Waals surface area contributed by atoms with Crippen molar-refractivity contribution in [2.75, 3.05) is 20.0 Å². The molecule has 47 heavy (non-hydrogen) atoms. The smallest absolute Gasteiger partial charge is 0.253 e. The molecule has 0 bridgehead atoms. The highest BCUT2D eigenvalue weighted by Crippen LogP contribution is 2.35. The molecule has 3 heterocycles. The molecule has 2 aromatic heterocycles. The van der Waals surface area contributed by atoms with Crippen LogP contribution in [0.25, 0.3) is 5.69 Å². The second kappa shape index (κ2) is 14.2. The van der Waals surface area contributed by atoms with E-state index in [4.69, 9.17) is 14.6 Å². The van der Waals surface area contributed by atoms with Crippen molar-refractivity contribution in [3.63, 3.8) is 0 Å². The van der Waals surface area contributed by atoms with Crippen molar-refractivity contribution in [1.82, 2.24) is 25.1 Å². The number of thioether (sulfide) groups is 1. The first-order chi connectivity index (χ1) is 22.8. The van der Waals surface area contributed by atoms with E-state index < -0.39 is 0 Å². The lowest BCUT2D eigenvalue weighted by Gasteiger charge is -2.22. The Kier molecular flexibility index (Phi) is 9.69. The fraction of sp³-hybridized carbons (Fsp3) is 0.229. The summed E-state index contributed by atoms with van der Waals surface area (Å²) in [6.45, 7) is 4.16. The fourth-order valence-electron chi connectivity index (χ4n) is 5.35. The Labute approximate surface area is 281 Å². The van der Waals surface area contributed by atoms with Gasteiger partial charge in [0.25, 0.3) is 11.8 Å². The molecule has 0 saturated heterocycles. The van der Waals surface area contributed by atoms with Gasteiger partial charge in [-0.25, -0.2) is 5.01 Å². The zero-order valence-corrected chi connectivity index (χ0v) is 28.1. The number of carbonyl (C=O) groups is 2. The van der Waals surface area contributed by atoms with Crippen molar-refractivity contribution in [3.05, 3.63) is 117 Å². The van der Waals surface area contributed by atoms with Gasteiger partial charge in [-0.15, -0.1) is 21.5 Å². The van der Waals surface area contributed by atoms with Crippen molar-refractivity contribution < 1.29 is 19.1 Å². The van der Waals surface area contributed by atoms with Crippen LogP contribution in [-0.2, 0) is 11.3 Å². The maximum atomic E-state index is 13.9. The molecular formula is C35H34N6O4S2. The molecule has 0 saturated carbocycles. The zero-order valence-electron chi connectivity index (χ0n) is 26.5. The number of benzene rings is 3. The Bertz CT molecular complexity index is 1920. The highest BCUT2D eigenvalue weighted by atomic mass is 32.2. The van der Waals surface area contributed by atoms with Gasteiger partial charge < -0.3 is 14.8 Å². The van der Waals surface area contributed by atoms with Crippen LogP contribution in [-0.4, -0.2) is 57.3 Å². The molecule has 6 rings (SSSR count). The lowest BCUT2D eigenvalue weighted by molar-refractivity contribution is -0.130. The van der Waals surface area contributed by atoms with Crippen LogP contribution in [0.2, 0.25) is 0 Å². The molecule has 0 fully saturated rings. The topological polar surface area (TPSA) is 111 Å². The minimum atomic E-state index is -0.262. The van der Waals surface area contributed by atoms with Gasteiger partial charge in [-0.3, -0.25) is 14.2 Å². The Morgan fingerprint density at radius 2 is 1.77 bits per heavy atom. The van der Waals surface area contributed by atoms with Crippen LogP contribution in [0.15, 0.2) is 94.5 Å². The molecule has 0 spiro atoms. The number of rotatable bonds is 11. The van der Waals surface area contributed by atoms with Crippen molar-refractivity contribution in [2.24, 2.45) is 5.10 Å². The average molecular weight is 667 g/mol. The number of aromatic nitrogens is 3. The molecule has 10 nitrogen and oxygen atoms in total. The third-order valence-corrected chi connectivity index (χ3v) is 9.67. The van der Waals surface area contributed by atoms with E-state index in [0.29, 0.717) is 28.7 Å². The lowest BCUT2D eigenvalue weighted by Crippen LogP contribution is -2.28. The van der Waals surface area contributed by atoms with Gasteiger partial charge in [-0.05, 0) is 78.4 Å². The first-order valence-corrected chi connectivity index (χ1v) is 16.9. The second-order valence-corrected chi connectivity index (χ2v) is 12.9. The second-order valence-electron chi connectivity index (χ2n) is 11.0. The lowest BCUT2D eigenvalue weighted by atomic mass is 10.0. The van der Waals surface area contributed by atoms with E-state index in [0.717, 1.165) is 38.7 Å². The monoisotopic (exact) mass is 666 g/mol. The van der Waals surface area contributed by atoms with Gasteiger partial charge in [0.1, 0.15) is 11.5 Å². The summed E-state index contributed by atoms with van der Waals surface area (Å²) < 4.78 is 12.5. The van der Waals surface area contributed by atoms with Gasteiger partial charge in [0.05, 0.1) is 48.8 Å². The van der Waals surface area contributed by atoms with Crippen LogP contribution in [0.5, 0.6) is 11.5 Å². The number of aryl methyl sites for hydroxylation is 2. The van der Waals surface area contributed by atoms with E-state index in [1.54, 1.807) is 54.8 Å². The van der Waals surface area contributed by atoms with Gasteiger partial charge in [-0.2, -0.15) is 5.10 Å². The number of hydrogen-bond acceptors (Lipinski definition) is 9. The molecule has 3 aromatic carbocycles. The van der Waals surface area contributed by atoms with Crippen LogP contribution in [0.4, 0.5) is 0 Å². The largest absolute Gasteiger partial charge is 0.497 e. The van der Waals surface area contributed by atoms with Crippen molar-refractivity contribution >= 4 is 40.6 Å². The first-order valence-electron chi connectivity index (χ1n) is 15.0.